The first-order valence-corrected chi connectivity index (χ1v) is 13.9. The van der Waals surface area contributed by atoms with Crippen LogP contribution in [0.15, 0.2) is 55.1 Å². The maximum atomic E-state index is 13.3. The summed E-state index contributed by atoms with van der Waals surface area (Å²) in [5.74, 6) is 1.01. The van der Waals surface area contributed by atoms with Gasteiger partial charge >= 0.3 is 0 Å². The van der Waals surface area contributed by atoms with Gasteiger partial charge in [0.15, 0.2) is 11.5 Å². The first-order chi connectivity index (χ1) is 18.8. The lowest BCUT2D eigenvalue weighted by molar-refractivity contribution is 0.0782. The minimum atomic E-state index is 0.0237. The van der Waals surface area contributed by atoms with Crippen LogP contribution in [0, 0.1) is 13.8 Å². The molecule has 1 fully saturated rings. The number of aromatic nitrogens is 4. The Balaban J connectivity index is 1.25. The maximum Gasteiger partial charge on any atom is 0.253 e. The van der Waals surface area contributed by atoms with Gasteiger partial charge in [0.25, 0.3) is 5.91 Å². The third-order valence-electron chi connectivity index (χ3n) is 7.37. The first-order valence-electron chi connectivity index (χ1n) is 13.2. The number of benzene rings is 2. The van der Waals surface area contributed by atoms with Crippen molar-refractivity contribution < 1.29 is 4.79 Å². The number of anilines is 1. The van der Waals surface area contributed by atoms with E-state index in [1.54, 1.807) is 17.0 Å². The topological polar surface area (TPSA) is 69.9 Å². The van der Waals surface area contributed by atoms with E-state index in [-0.39, 0.29) is 11.8 Å². The van der Waals surface area contributed by atoms with E-state index in [4.69, 9.17) is 23.2 Å². The molecule has 0 aliphatic carbocycles. The molecule has 2 aromatic carbocycles. The Morgan fingerprint density at radius 2 is 1.74 bits per heavy atom. The number of amides is 1. The summed E-state index contributed by atoms with van der Waals surface area (Å²) in [6.45, 7) is 9.10. The largest absolute Gasteiger partial charge is 0.351 e. The Morgan fingerprint density at radius 1 is 1.00 bits per heavy atom. The Kier molecular flexibility index (Phi) is 8.35. The van der Waals surface area contributed by atoms with E-state index in [0.29, 0.717) is 16.6 Å². The van der Waals surface area contributed by atoms with E-state index >= 15 is 0 Å². The second kappa shape index (κ2) is 11.9. The van der Waals surface area contributed by atoms with Gasteiger partial charge in [0, 0.05) is 63.6 Å². The van der Waals surface area contributed by atoms with Gasteiger partial charge in [-0.15, -0.1) is 0 Å². The molecule has 0 N–H and O–H groups in total. The van der Waals surface area contributed by atoms with Gasteiger partial charge in [-0.25, -0.2) is 14.5 Å². The predicted octanol–water partition coefficient (Wildman–Crippen LogP) is 5.12. The summed E-state index contributed by atoms with van der Waals surface area (Å²) in [5, 5.41) is 5.29. The van der Waals surface area contributed by atoms with Crippen molar-refractivity contribution in [3.05, 3.63) is 87.4 Å². The van der Waals surface area contributed by atoms with Gasteiger partial charge in [-0.2, -0.15) is 5.10 Å². The lowest BCUT2D eigenvalue weighted by atomic mass is 9.94. The Morgan fingerprint density at radius 3 is 2.46 bits per heavy atom. The molecule has 204 valence electrons. The smallest absolute Gasteiger partial charge is 0.253 e. The summed E-state index contributed by atoms with van der Waals surface area (Å²) in [6, 6.07) is 11.8. The summed E-state index contributed by atoms with van der Waals surface area (Å²) < 4.78 is 1.76. The number of carbonyl (C=O) groups excluding carboxylic acids is 1. The van der Waals surface area contributed by atoms with Gasteiger partial charge in [-0.05, 0) is 56.6 Å². The average Bonchev–Trinajstić information content (AvgIpc) is 3.41. The number of hydrogen-bond acceptors (Lipinski definition) is 6. The molecule has 1 aliphatic heterocycles. The van der Waals surface area contributed by atoms with Gasteiger partial charge in [0.1, 0.15) is 6.33 Å². The van der Waals surface area contributed by atoms with Gasteiger partial charge in [-0.1, -0.05) is 46.5 Å². The zero-order valence-corrected chi connectivity index (χ0v) is 24.0. The Hall–Kier alpha value is -3.20. The molecule has 0 spiro atoms. The second-order valence-corrected chi connectivity index (χ2v) is 11.1. The molecule has 0 unspecified atom stereocenters. The van der Waals surface area contributed by atoms with Crippen molar-refractivity contribution in [3.8, 4) is 0 Å². The van der Waals surface area contributed by atoms with E-state index in [1.165, 1.54) is 0 Å². The monoisotopic (exact) mass is 565 g/mol. The van der Waals surface area contributed by atoms with Crippen LogP contribution in [0.1, 0.15) is 39.4 Å². The van der Waals surface area contributed by atoms with Crippen LogP contribution < -0.4 is 4.90 Å². The van der Waals surface area contributed by atoms with Crippen LogP contribution in [-0.2, 0) is 0 Å². The highest BCUT2D eigenvalue weighted by Crippen LogP contribution is 2.29. The number of aryl methyl sites for hydroxylation is 2. The molecular weight excluding hydrogens is 533 g/mol. The SMILES string of the molecule is Cc1cc(C)cc(C(=O)N(C)C[C@@H](CCN2CCN(c3nccn4ncnc34)CC2)c2ccc(Cl)c(Cl)c2)c1. The summed E-state index contributed by atoms with van der Waals surface area (Å²) in [4.78, 5) is 28.8. The molecule has 0 saturated carbocycles. The van der Waals surface area contributed by atoms with Crippen LogP contribution in [0.4, 0.5) is 5.82 Å². The minimum Gasteiger partial charge on any atom is -0.351 e. The lowest BCUT2D eigenvalue weighted by Gasteiger charge is -2.36. The van der Waals surface area contributed by atoms with Gasteiger partial charge in [0.05, 0.1) is 10.0 Å². The molecule has 1 amide bonds. The van der Waals surface area contributed by atoms with Crippen molar-refractivity contribution in [2.24, 2.45) is 0 Å². The highest BCUT2D eigenvalue weighted by Gasteiger charge is 2.24. The van der Waals surface area contributed by atoms with Crippen LogP contribution in [0.2, 0.25) is 10.0 Å². The number of halogens is 2. The minimum absolute atomic E-state index is 0.0237. The maximum absolute atomic E-state index is 13.3. The number of piperazine rings is 1. The van der Waals surface area contributed by atoms with Crippen molar-refractivity contribution in [3.63, 3.8) is 0 Å². The van der Waals surface area contributed by atoms with Gasteiger partial charge in [-0.3, -0.25) is 9.69 Å². The molecular formula is C29H33Cl2N7O. The molecule has 0 radical (unpaired) electrons. The van der Waals surface area contributed by atoms with E-state index in [2.05, 4.69) is 30.9 Å². The third kappa shape index (κ3) is 6.35. The highest BCUT2D eigenvalue weighted by atomic mass is 35.5. The van der Waals surface area contributed by atoms with Crippen LogP contribution in [0.25, 0.3) is 5.65 Å². The third-order valence-corrected chi connectivity index (χ3v) is 8.11. The second-order valence-electron chi connectivity index (χ2n) is 10.3. The molecule has 4 aromatic rings. The van der Waals surface area contributed by atoms with E-state index in [0.717, 1.165) is 72.9 Å². The lowest BCUT2D eigenvalue weighted by Crippen LogP contribution is -2.47. The summed E-state index contributed by atoms with van der Waals surface area (Å²) in [7, 11) is 1.88. The molecule has 0 bridgehead atoms. The molecule has 10 heteroatoms. The van der Waals surface area contributed by atoms with Crippen molar-refractivity contribution in [2.45, 2.75) is 26.2 Å². The predicted molar refractivity (Wildman–Crippen MR) is 156 cm³/mol. The number of fused-ring (bicyclic) bond motifs is 1. The highest BCUT2D eigenvalue weighted by molar-refractivity contribution is 6.42. The van der Waals surface area contributed by atoms with Gasteiger partial charge in [0.2, 0.25) is 0 Å². The molecule has 39 heavy (non-hydrogen) atoms. The van der Waals surface area contributed by atoms with Crippen molar-refractivity contribution in [2.75, 3.05) is 51.2 Å². The van der Waals surface area contributed by atoms with E-state index in [1.807, 2.05) is 62.3 Å². The molecule has 8 nitrogen and oxygen atoms in total. The van der Waals surface area contributed by atoms with Gasteiger partial charge < -0.3 is 9.80 Å². The number of nitrogens with zero attached hydrogens (tertiary/aromatic N) is 7. The normalized spacial score (nSPS) is 15.1. The summed E-state index contributed by atoms with van der Waals surface area (Å²) in [5.41, 5.74) is 4.76. The fourth-order valence-corrected chi connectivity index (χ4v) is 5.66. The van der Waals surface area contributed by atoms with Crippen molar-refractivity contribution >= 4 is 40.6 Å². The quantitative estimate of drug-likeness (QED) is 0.295. The van der Waals surface area contributed by atoms with E-state index in [9.17, 15) is 4.79 Å². The Bertz CT molecular complexity index is 1450. The molecule has 1 saturated heterocycles. The zero-order valence-electron chi connectivity index (χ0n) is 22.5. The molecule has 5 rings (SSSR count). The average molecular weight is 567 g/mol. The number of rotatable bonds is 8. The Labute approximate surface area is 239 Å². The molecule has 3 heterocycles. The fourth-order valence-electron chi connectivity index (χ4n) is 5.35. The summed E-state index contributed by atoms with van der Waals surface area (Å²) >= 11 is 12.6. The fraction of sp³-hybridized carbons (Fsp3) is 0.379. The first kappa shape index (κ1) is 27.4. The van der Waals surface area contributed by atoms with Crippen molar-refractivity contribution in [1.82, 2.24) is 29.4 Å². The van der Waals surface area contributed by atoms with Crippen LogP contribution in [-0.4, -0.2) is 81.6 Å². The molecule has 1 atom stereocenters. The van der Waals surface area contributed by atoms with Crippen LogP contribution in [0.5, 0.6) is 0 Å². The van der Waals surface area contributed by atoms with Crippen LogP contribution >= 0.6 is 23.2 Å². The molecule has 2 aromatic heterocycles. The molecule has 1 aliphatic rings. The van der Waals surface area contributed by atoms with Crippen molar-refractivity contribution in [1.29, 1.82) is 0 Å². The number of hydrogen-bond donors (Lipinski definition) is 0. The zero-order chi connectivity index (χ0) is 27.5. The standard InChI is InChI=1S/C29H33Cl2N7O/c1-20-14-21(2)16-24(15-20)29(39)35(3)18-23(22-4-5-25(30)26(31)17-22)6-8-36-10-12-37(13-11-36)27-28-33-19-34-38(28)9-7-32-27/h4-5,7,9,14-17,19,23H,6,8,10-13,18H2,1-3H3/t23-/m1/s1. The van der Waals surface area contributed by atoms with E-state index < -0.39 is 0 Å². The number of carbonyl (C=O) groups is 1. The van der Waals surface area contributed by atoms with Crippen LogP contribution in [0.3, 0.4) is 0 Å². The number of likely N-dealkylation sites (N-methyl/N-ethyl adjacent to an activating group) is 1. The summed E-state index contributed by atoms with van der Waals surface area (Å²) in [6.07, 6.45) is 6.02.